The van der Waals surface area contributed by atoms with Crippen LogP contribution in [0.4, 0.5) is 5.69 Å². The summed E-state index contributed by atoms with van der Waals surface area (Å²) in [5, 5.41) is 6.23. The summed E-state index contributed by atoms with van der Waals surface area (Å²) < 4.78 is 0. The number of rotatable bonds is 4. The third-order valence-electron chi connectivity index (χ3n) is 1.52. The van der Waals surface area contributed by atoms with Gasteiger partial charge in [0.25, 0.3) is 5.91 Å². The van der Waals surface area contributed by atoms with Gasteiger partial charge in [-0.2, -0.15) is 0 Å². The van der Waals surface area contributed by atoms with E-state index in [9.17, 15) is 4.79 Å². The van der Waals surface area contributed by atoms with Gasteiger partial charge in [-0.3, -0.25) is 4.79 Å². The topological polar surface area (TPSA) is 116 Å². The van der Waals surface area contributed by atoms with Gasteiger partial charge in [0.15, 0.2) is 6.34 Å². The molecule has 0 saturated heterocycles. The third-order valence-corrected chi connectivity index (χ3v) is 1.52. The molecule has 1 aromatic carbocycles. The Morgan fingerprint density at radius 3 is 2.67 bits per heavy atom. The van der Waals surface area contributed by atoms with E-state index < -0.39 is 0 Å². The van der Waals surface area contributed by atoms with Gasteiger partial charge < -0.3 is 5.73 Å². The van der Waals surface area contributed by atoms with Crippen molar-refractivity contribution in [1.29, 1.82) is 5.53 Å². The van der Waals surface area contributed by atoms with E-state index in [1.807, 2.05) is 0 Å². The van der Waals surface area contributed by atoms with E-state index in [-0.39, 0.29) is 5.91 Å². The highest BCUT2D eigenvalue weighted by Gasteiger charge is 2.02. The van der Waals surface area contributed by atoms with Crippen LogP contribution < -0.4 is 16.7 Å². The Bertz CT molecular complexity index is 371. The van der Waals surface area contributed by atoms with E-state index in [2.05, 4.69) is 21.2 Å². The monoisotopic (exact) mass is 206 g/mol. The lowest BCUT2D eigenvalue weighted by Crippen LogP contribution is -2.33. The second-order valence-corrected chi connectivity index (χ2v) is 2.56. The predicted octanol–water partition coefficient (Wildman–Crippen LogP) is 0.477. The van der Waals surface area contributed by atoms with Crippen molar-refractivity contribution in [3.8, 4) is 0 Å². The Labute approximate surface area is 85.8 Å². The van der Waals surface area contributed by atoms with E-state index >= 15 is 0 Å². The molecule has 0 aliphatic carbocycles. The predicted molar refractivity (Wildman–Crippen MR) is 55.1 cm³/mol. The maximum Gasteiger partial charge on any atom is 0.270 e. The second-order valence-electron chi connectivity index (χ2n) is 2.56. The van der Waals surface area contributed by atoms with Crippen LogP contribution in [0.5, 0.6) is 0 Å². The van der Waals surface area contributed by atoms with Crippen LogP contribution in [0.3, 0.4) is 0 Å². The molecule has 0 atom stereocenters. The Hall–Kier alpha value is -2.44. The summed E-state index contributed by atoms with van der Waals surface area (Å²) >= 11 is 0. The SMILES string of the molecule is N=NC=NNNC(=O)c1ccc(N)cc1. The van der Waals surface area contributed by atoms with Crippen molar-refractivity contribution in [2.45, 2.75) is 0 Å². The Morgan fingerprint density at radius 2 is 2.07 bits per heavy atom. The van der Waals surface area contributed by atoms with E-state index in [1.165, 1.54) is 0 Å². The molecule has 5 N–H and O–H groups in total. The first-order chi connectivity index (χ1) is 7.24. The van der Waals surface area contributed by atoms with Crippen molar-refractivity contribution in [1.82, 2.24) is 11.0 Å². The molecule has 7 nitrogen and oxygen atoms in total. The number of nitrogens with one attached hydrogen (secondary N) is 3. The minimum Gasteiger partial charge on any atom is -0.399 e. The lowest BCUT2D eigenvalue weighted by molar-refractivity contribution is 0.0934. The fraction of sp³-hybridized carbons (Fsp3) is 0. The maximum absolute atomic E-state index is 11.4. The quantitative estimate of drug-likeness (QED) is 0.189. The van der Waals surface area contributed by atoms with Crippen LogP contribution in [-0.2, 0) is 0 Å². The lowest BCUT2D eigenvalue weighted by Gasteiger charge is -2.02. The van der Waals surface area contributed by atoms with E-state index in [0.717, 1.165) is 6.34 Å². The number of carbonyl (C=O) groups excluding carboxylic acids is 1. The maximum atomic E-state index is 11.4. The first kappa shape index (κ1) is 10.6. The van der Waals surface area contributed by atoms with Crippen molar-refractivity contribution < 1.29 is 4.79 Å². The number of nitrogens with zero attached hydrogens (tertiary/aromatic N) is 2. The summed E-state index contributed by atoms with van der Waals surface area (Å²) in [6.45, 7) is 0. The van der Waals surface area contributed by atoms with Crippen molar-refractivity contribution in [2.75, 3.05) is 5.73 Å². The number of hydrazine groups is 1. The number of anilines is 1. The van der Waals surface area contributed by atoms with Crippen LogP contribution in [0.25, 0.3) is 0 Å². The molecule has 0 saturated carbocycles. The van der Waals surface area contributed by atoms with Gasteiger partial charge in [0.1, 0.15) is 0 Å². The molecule has 0 unspecified atom stereocenters. The van der Waals surface area contributed by atoms with Gasteiger partial charge in [-0.05, 0) is 24.3 Å². The van der Waals surface area contributed by atoms with Gasteiger partial charge in [0.2, 0.25) is 0 Å². The van der Waals surface area contributed by atoms with Crippen molar-refractivity contribution >= 4 is 17.9 Å². The molecule has 0 radical (unpaired) electrons. The number of nitrogen functional groups attached to an aromatic ring is 1. The van der Waals surface area contributed by atoms with Crippen LogP contribution >= 0.6 is 0 Å². The summed E-state index contributed by atoms with van der Waals surface area (Å²) in [4.78, 5) is 11.4. The molecule has 0 aliphatic rings. The minimum absolute atomic E-state index is 0.350. The second kappa shape index (κ2) is 5.32. The smallest absolute Gasteiger partial charge is 0.270 e. The number of amides is 1. The number of benzene rings is 1. The van der Waals surface area contributed by atoms with Crippen LogP contribution in [-0.4, -0.2) is 12.2 Å². The molecule has 0 spiro atoms. The average molecular weight is 206 g/mol. The fourth-order valence-corrected chi connectivity index (χ4v) is 0.847. The lowest BCUT2D eigenvalue weighted by atomic mass is 10.2. The van der Waals surface area contributed by atoms with E-state index in [1.54, 1.807) is 24.3 Å². The van der Waals surface area contributed by atoms with Gasteiger partial charge in [-0.15, -0.1) is 10.2 Å². The number of carbonyl (C=O) groups is 1. The minimum atomic E-state index is -0.350. The summed E-state index contributed by atoms with van der Waals surface area (Å²) in [5.41, 5.74) is 17.4. The highest BCUT2D eigenvalue weighted by Crippen LogP contribution is 2.04. The molecule has 7 heteroatoms. The number of hydrogen-bond acceptors (Lipinski definition) is 5. The number of hydrogen-bond donors (Lipinski definition) is 4. The van der Waals surface area contributed by atoms with E-state index in [0.29, 0.717) is 11.3 Å². The van der Waals surface area contributed by atoms with Gasteiger partial charge in [-0.25, -0.2) is 16.5 Å². The fourth-order valence-electron chi connectivity index (χ4n) is 0.847. The van der Waals surface area contributed by atoms with Crippen molar-refractivity contribution in [3.05, 3.63) is 29.8 Å². The highest BCUT2D eigenvalue weighted by atomic mass is 16.2. The molecular weight excluding hydrogens is 196 g/mol. The van der Waals surface area contributed by atoms with Gasteiger partial charge >= 0.3 is 0 Å². The first-order valence-electron chi connectivity index (χ1n) is 4.03. The van der Waals surface area contributed by atoms with Crippen molar-refractivity contribution in [2.24, 2.45) is 10.2 Å². The zero-order chi connectivity index (χ0) is 11.1. The van der Waals surface area contributed by atoms with Gasteiger partial charge in [0.05, 0.1) is 0 Å². The number of nitrogens with two attached hydrogens (primary N) is 1. The number of hydrazone groups is 1. The molecule has 1 amide bonds. The highest BCUT2D eigenvalue weighted by molar-refractivity contribution is 5.94. The van der Waals surface area contributed by atoms with E-state index in [4.69, 9.17) is 11.3 Å². The summed E-state index contributed by atoms with van der Waals surface area (Å²) in [7, 11) is 0. The van der Waals surface area contributed by atoms with Gasteiger partial charge in [-0.1, -0.05) is 0 Å². The molecule has 0 heterocycles. The Balaban J connectivity index is 2.50. The van der Waals surface area contributed by atoms with Crippen LogP contribution in [0.1, 0.15) is 10.4 Å². The average Bonchev–Trinajstić information content (AvgIpc) is 2.25. The summed E-state index contributed by atoms with van der Waals surface area (Å²) in [6, 6.07) is 6.42. The van der Waals surface area contributed by atoms with Crippen LogP contribution in [0, 0.1) is 5.53 Å². The molecule has 78 valence electrons. The van der Waals surface area contributed by atoms with Crippen LogP contribution in [0.15, 0.2) is 34.5 Å². The molecule has 0 aromatic heterocycles. The molecule has 1 rings (SSSR count). The van der Waals surface area contributed by atoms with Crippen LogP contribution in [0.2, 0.25) is 0 Å². The molecule has 1 aromatic rings. The van der Waals surface area contributed by atoms with Gasteiger partial charge in [0, 0.05) is 11.3 Å². The third kappa shape index (κ3) is 3.43. The summed E-state index contributed by atoms with van der Waals surface area (Å²) in [5.74, 6) is -0.350. The Kier molecular flexibility index (Phi) is 3.78. The molecule has 0 fully saturated rings. The zero-order valence-corrected chi connectivity index (χ0v) is 7.77. The molecule has 0 aliphatic heterocycles. The molecule has 0 bridgehead atoms. The molecule has 15 heavy (non-hydrogen) atoms. The first-order valence-corrected chi connectivity index (χ1v) is 4.03. The Morgan fingerprint density at radius 1 is 1.40 bits per heavy atom. The standard InChI is InChI=1S/C8H10N6O/c9-7-3-1-6(2-4-7)8(15)13-14-12-5-11-10/h1-5,10,14H,9H2,(H,13,15). The normalized spacial score (nSPS) is 9.87. The largest absolute Gasteiger partial charge is 0.399 e. The zero-order valence-electron chi connectivity index (χ0n) is 7.77. The molecular formula is C8H10N6O. The van der Waals surface area contributed by atoms with Crippen molar-refractivity contribution in [3.63, 3.8) is 0 Å². The summed E-state index contributed by atoms with van der Waals surface area (Å²) in [6.07, 6.45) is 0.948.